The monoisotopic (exact) mass is 426 g/mol. The topological polar surface area (TPSA) is 38.7 Å². The first-order valence-electron chi connectivity index (χ1n) is 13.3. The minimum Gasteiger partial charge on any atom is -0.396 e. The van der Waals surface area contributed by atoms with E-state index in [0.717, 1.165) is 38.9 Å². The molecule has 0 aliphatic heterocycles. The summed E-state index contributed by atoms with van der Waals surface area (Å²) in [5.41, 5.74) is 0. The normalized spacial score (nSPS) is 11.9. The van der Waals surface area contributed by atoms with Gasteiger partial charge >= 0.3 is 0 Å². The number of ether oxygens (including phenoxy) is 2. The number of rotatable bonds is 25. The van der Waals surface area contributed by atoms with Crippen molar-refractivity contribution in [1.29, 1.82) is 0 Å². The molecule has 180 valence electrons. The molecular weight excluding hydrogens is 372 g/mol. The molecule has 0 aliphatic rings. The van der Waals surface area contributed by atoms with E-state index in [2.05, 4.69) is 26.0 Å². The van der Waals surface area contributed by atoms with E-state index in [1.54, 1.807) is 0 Å². The van der Waals surface area contributed by atoms with Gasteiger partial charge in [-0.3, -0.25) is 0 Å². The van der Waals surface area contributed by atoms with Gasteiger partial charge < -0.3 is 14.6 Å². The zero-order valence-corrected chi connectivity index (χ0v) is 20.6. The summed E-state index contributed by atoms with van der Waals surface area (Å²) in [6.45, 7) is 6.45. The lowest BCUT2D eigenvalue weighted by molar-refractivity contribution is -0.148. The molecular formula is C27H54O3. The van der Waals surface area contributed by atoms with E-state index < -0.39 is 0 Å². The fourth-order valence-corrected chi connectivity index (χ4v) is 3.65. The quantitative estimate of drug-likeness (QED) is 0.0905. The van der Waals surface area contributed by atoms with Gasteiger partial charge in [0.15, 0.2) is 6.29 Å². The van der Waals surface area contributed by atoms with Gasteiger partial charge in [0.25, 0.3) is 0 Å². The summed E-state index contributed by atoms with van der Waals surface area (Å²) >= 11 is 0. The zero-order valence-electron chi connectivity index (χ0n) is 20.6. The van der Waals surface area contributed by atoms with Crippen molar-refractivity contribution >= 4 is 0 Å². The Morgan fingerprint density at radius 3 is 1.53 bits per heavy atom. The molecule has 0 saturated heterocycles. The van der Waals surface area contributed by atoms with Crippen LogP contribution in [0.1, 0.15) is 136 Å². The lowest BCUT2D eigenvalue weighted by Gasteiger charge is -2.18. The van der Waals surface area contributed by atoms with Gasteiger partial charge in [-0.2, -0.15) is 0 Å². The molecule has 0 radical (unpaired) electrons. The van der Waals surface area contributed by atoms with Crippen molar-refractivity contribution in [3.8, 4) is 0 Å². The molecule has 0 fully saturated rings. The summed E-state index contributed by atoms with van der Waals surface area (Å²) in [5.74, 6) is 0. The summed E-state index contributed by atoms with van der Waals surface area (Å²) in [7, 11) is 0. The van der Waals surface area contributed by atoms with E-state index >= 15 is 0 Å². The van der Waals surface area contributed by atoms with Crippen molar-refractivity contribution in [3.05, 3.63) is 12.2 Å². The number of allylic oxidation sites excluding steroid dienone is 1. The van der Waals surface area contributed by atoms with Crippen molar-refractivity contribution in [1.82, 2.24) is 0 Å². The third kappa shape index (κ3) is 23.9. The first-order valence-corrected chi connectivity index (χ1v) is 13.3. The van der Waals surface area contributed by atoms with Crippen molar-refractivity contribution < 1.29 is 14.6 Å². The molecule has 0 spiro atoms. The second kappa shape index (κ2) is 26.7. The SMILES string of the molecule is CCCCCOC(CCCCCCCCCCCC/C=C\CCO)OCCCCC. The van der Waals surface area contributed by atoms with Gasteiger partial charge in [0, 0.05) is 19.8 Å². The molecule has 0 heterocycles. The molecule has 30 heavy (non-hydrogen) atoms. The lowest BCUT2D eigenvalue weighted by atomic mass is 10.0. The average Bonchev–Trinajstić information content (AvgIpc) is 2.76. The average molecular weight is 427 g/mol. The zero-order chi connectivity index (χ0) is 22.0. The van der Waals surface area contributed by atoms with E-state index in [9.17, 15) is 0 Å². The molecule has 0 aromatic carbocycles. The Labute approximate surface area is 189 Å². The Bertz CT molecular complexity index is 318. The van der Waals surface area contributed by atoms with Crippen LogP contribution in [0, 0.1) is 0 Å². The molecule has 0 amide bonds. The Morgan fingerprint density at radius 2 is 1.03 bits per heavy atom. The first kappa shape index (κ1) is 29.6. The van der Waals surface area contributed by atoms with Gasteiger partial charge in [-0.1, -0.05) is 103 Å². The van der Waals surface area contributed by atoms with Crippen molar-refractivity contribution in [2.45, 2.75) is 142 Å². The second-order valence-electron chi connectivity index (χ2n) is 8.68. The van der Waals surface area contributed by atoms with Gasteiger partial charge in [-0.05, 0) is 44.9 Å². The van der Waals surface area contributed by atoms with Gasteiger partial charge in [0.2, 0.25) is 0 Å². The number of hydrogen-bond donors (Lipinski definition) is 1. The molecule has 0 atom stereocenters. The molecule has 0 unspecified atom stereocenters. The third-order valence-electron chi connectivity index (χ3n) is 5.63. The first-order chi connectivity index (χ1) is 14.8. The molecule has 0 rings (SSSR count). The molecule has 0 saturated carbocycles. The van der Waals surface area contributed by atoms with Crippen LogP contribution in [0.3, 0.4) is 0 Å². The van der Waals surface area contributed by atoms with E-state index in [1.807, 2.05) is 0 Å². The standard InChI is InChI=1S/C27H54O3/c1-3-5-21-25-29-27(30-26-22-6-4-2)23-19-17-15-13-11-9-7-8-10-12-14-16-18-20-24-28/h16,18,27-28H,3-15,17,19-26H2,1-2H3/b18-16-. The Morgan fingerprint density at radius 1 is 0.567 bits per heavy atom. The number of aliphatic hydroxyl groups is 1. The number of hydrogen-bond acceptors (Lipinski definition) is 3. The van der Waals surface area contributed by atoms with Crippen molar-refractivity contribution in [3.63, 3.8) is 0 Å². The largest absolute Gasteiger partial charge is 0.396 e. The fraction of sp³-hybridized carbons (Fsp3) is 0.926. The van der Waals surface area contributed by atoms with Gasteiger partial charge in [-0.15, -0.1) is 0 Å². The highest BCUT2D eigenvalue weighted by molar-refractivity contribution is 4.80. The third-order valence-corrected chi connectivity index (χ3v) is 5.63. The Hall–Kier alpha value is -0.380. The number of unbranched alkanes of at least 4 members (excludes halogenated alkanes) is 14. The summed E-state index contributed by atoms with van der Waals surface area (Å²) in [4.78, 5) is 0. The molecule has 0 aliphatic carbocycles. The van der Waals surface area contributed by atoms with Crippen LogP contribution in [0.15, 0.2) is 12.2 Å². The maximum Gasteiger partial charge on any atom is 0.157 e. The van der Waals surface area contributed by atoms with Crippen LogP contribution in [0.2, 0.25) is 0 Å². The van der Waals surface area contributed by atoms with Crippen LogP contribution in [-0.2, 0) is 9.47 Å². The maximum absolute atomic E-state index is 8.71. The Balaban J connectivity index is 3.51. The van der Waals surface area contributed by atoms with E-state index in [-0.39, 0.29) is 12.9 Å². The van der Waals surface area contributed by atoms with Gasteiger partial charge in [-0.25, -0.2) is 0 Å². The predicted octanol–water partition coefficient (Wildman–Crippen LogP) is 8.35. The molecule has 0 bridgehead atoms. The van der Waals surface area contributed by atoms with Crippen LogP contribution < -0.4 is 0 Å². The van der Waals surface area contributed by atoms with Crippen LogP contribution in [0.25, 0.3) is 0 Å². The molecule has 0 aromatic rings. The second-order valence-corrected chi connectivity index (χ2v) is 8.68. The Kier molecular flexibility index (Phi) is 26.3. The smallest absolute Gasteiger partial charge is 0.157 e. The highest BCUT2D eigenvalue weighted by atomic mass is 16.7. The highest BCUT2D eigenvalue weighted by Crippen LogP contribution is 2.15. The molecule has 3 heteroatoms. The summed E-state index contributed by atoms with van der Waals surface area (Å²) in [5, 5.41) is 8.71. The number of aliphatic hydroxyl groups excluding tert-OH is 1. The van der Waals surface area contributed by atoms with E-state index in [0.29, 0.717) is 0 Å². The van der Waals surface area contributed by atoms with Crippen LogP contribution in [-0.4, -0.2) is 31.2 Å². The summed E-state index contributed by atoms with van der Waals surface area (Å²) in [6.07, 6.45) is 28.2. The van der Waals surface area contributed by atoms with Crippen LogP contribution in [0.4, 0.5) is 0 Å². The van der Waals surface area contributed by atoms with E-state index in [1.165, 1.54) is 96.3 Å². The van der Waals surface area contributed by atoms with Gasteiger partial charge in [0.1, 0.15) is 0 Å². The lowest BCUT2D eigenvalue weighted by Crippen LogP contribution is -2.19. The van der Waals surface area contributed by atoms with Gasteiger partial charge in [0.05, 0.1) is 0 Å². The van der Waals surface area contributed by atoms with Crippen molar-refractivity contribution in [2.24, 2.45) is 0 Å². The maximum atomic E-state index is 8.71. The molecule has 3 nitrogen and oxygen atoms in total. The molecule has 0 aromatic heterocycles. The fourth-order valence-electron chi connectivity index (χ4n) is 3.65. The minimum absolute atomic E-state index is 0.0252. The highest BCUT2D eigenvalue weighted by Gasteiger charge is 2.09. The predicted molar refractivity (Wildman–Crippen MR) is 131 cm³/mol. The minimum atomic E-state index is 0.0252. The molecule has 1 N–H and O–H groups in total. The van der Waals surface area contributed by atoms with Crippen LogP contribution >= 0.6 is 0 Å². The van der Waals surface area contributed by atoms with E-state index in [4.69, 9.17) is 14.6 Å². The summed E-state index contributed by atoms with van der Waals surface area (Å²) < 4.78 is 12.0. The summed E-state index contributed by atoms with van der Waals surface area (Å²) in [6, 6.07) is 0. The van der Waals surface area contributed by atoms with Crippen molar-refractivity contribution in [2.75, 3.05) is 19.8 Å². The van der Waals surface area contributed by atoms with Crippen LogP contribution in [0.5, 0.6) is 0 Å².